The standard InChI is InChI=1S/C57H54N5.Pt/c1-38-55(54-47-22-11-9-18-39(47)27-28-40-19-10-12-23-48(40)54)59(8)37-60(38)43-20-17-21-44(35-43)61(46-33-41(56(2,3)4)32-42(34-46)57(5,6)7)45-29-30-50-49-24-13-14-25-51(49)62(52(50)36-45)53-26-15-16-31-58-53;/h9-26,29-34,37,54H,27-28H2,1-8H3;/q-3;. The van der Waals surface area contributed by atoms with E-state index in [1.54, 1.807) is 0 Å². The smallest absolute Gasteiger partial charge is 0.135 e. The largest absolute Gasteiger partial charge is 0.507 e. The second-order valence-corrected chi connectivity index (χ2v) is 19.1. The number of para-hydroxylation sites is 1. The molecular formula is C57H54N5Pt-3. The number of rotatable bonds is 6. The zero-order valence-corrected chi connectivity index (χ0v) is 39.7. The molecule has 0 radical (unpaired) electrons. The van der Waals surface area contributed by atoms with E-state index < -0.39 is 0 Å². The van der Waals surface area contributed by atoms with E-state index in [0.29, 0.717) is 0 Å². The first-order valence-electron chi connectivity index (χ1n) is 21.9. The molecule has 0 saturated heterocycles. The summed E-state index contributed by atoms with van der Waals surface area (Å²) in [6.07, 6.45) is 3.94. The molecule has 0 spiro atoms. The van der Waals surface area contributed by atoms with Gasteiger partial charge in [0.2, 0.25) is 0 Å². The van der Waals surface area contributed by atoms with Gasteiger partial charge in [0.05, 0.1) is 0 Å². The molecule has 320 valence electrons. The van der Waals surface area contributed by atoms with Crippen molar-refractivity contribution in [2.24, 2.45) is 0 Å². The van der Waals surface area contributed by atoms with Crippen LogP contribution in [0.25, 0.3) is 27.6 Å². The summed E-state index contributed by atoms with van der Waals surface area (Å²) in [5, 5.41) is 2.31. The molecule has 0 fully saturated rings. The SMILES string of the molecule is CC1=C(C2c3ccccc3CCc3ccccc32)N(C)[CH-]N1c1[c-]c(N(c2[c-]c3c(cc2)c2ccccc2n3-c2ccccn2)c2cc(C(C)(C)C)cc(C(C)(C)C)c2)ccc1.[Pt]. The van der Waals surface area contributed by atoms with Crippen LogP contribution in [-0.4, -0.2) is 21.5 Å². The van der Waals surface area contributed by atoms with Gasteiger partial charge in [-0.3, -0.25) is 0 Å². The molecule has 3 heterocycles. The van der Waals surface area contributed by atoms with E-state index in [9.17, 15) is 0 Å². The van der Waals surface area contributed by atoms with Crippen LogP contribution in [0.2, 0.25) is 0 Å². The quantitative estimate of drug-likeness (QED) is 0.155. The van der Waals surface area contributed by atoms with Crippen molar-refractivity contribution < 1.29 is 21.1 Å². The van der Waals surface area contributed by atoms with Gasteiger partial charge in [-0.15, -0.1) is 41.4 Å². The number of likely N-dealkylation sites (N-methyl/N-ethyl adjacent to an activating group) is 1. The summed E-state index contributed by atoms with van der Waals surface area (Å²) < 4.78 is 2.24. The molecule has 0 saturated carbocycles. The van der Waals surface area contributed by atoms with Crippen LogP contribution in [0.5, 0.6) is 0 Å². The van der Waals surface area contributed by atoms with Gasteiger partial charge in [-0.05, 0) is 107 Å². The van der Waals surface area contributed by atoms with Crippen molar-refractivity contribution in [2.45, 2.75) is 78.1 Å². The van der Waals surface area contributed by atoms with Gasteiger partial charge in [0.25, 0.3) is 0 Å². The van der Waals surface area contributed by atoms with Gasteiger partial charge >= 0.3 is 0 Å². The topological polar surface area (TPSA) is 27.5 Å². The van der Waals surface area contributed by atoms with Crippen molar-refractivity contribution in [3.8, 4) is 5.82 Å². The van der Waals surface area contributed by atoms with Crippen molar-refractivity contribution >= 4 is 44.6 Å². The van der Waals surface area contributed by atoms with Crippen molar-refractivity contribution in [1.82, 2.24) is 14.5 Å². The third kappa shape index (κ3) is 7.59. The van der Waals surface area contributed by atoms with Crippen molar-refractivity contribution in [3.63, 3.8) is 0 Å². The number of aromatic nitrogens is 2. The number of aryl methyl sites for hydroxylation is 2. The van der Waals surface area contributed by atoms with Crippen molar-refractivity contribution in [3.05, 3.63) is 209 Å². The first-order valence-corrected chi connectivity index (χ1v) is 21.9. The number of nitrogens with zero attached hydrogens (tertiary/aromatic N) is 5. The Hall–Kier alpha value is -5.90. The fraction of sp³-hybridized carbons (Fsp3) is 0.228. The van der Waals surface area contributed by atoms with Crippen LogP contribution >= 0.6 is 0 Å². The molecule has 2 aliphatic rings. The van der Waals surface area contributed by atoms with Crippen LogP contribution in [0.3, 0.4) is 0 Å². The van der Waals surface area contributed by atoms with Gasteiger partial charge in [0.15, 0.2) is 0 Å². The normalized spacial score (nSPS) is 14.5. The Morgan fingerprint density at radius 3 is 1.92 bits per heavy atom. The number of anilines is 4. The van der Waals surface area contributed by atoms with Gasteiger partial charge in [0.1, 0.15) is 5.82 Å². The predicted molar refractivity (Wildman–Crippen MR) is 258 cm³/mol. The Kier molecular flexibility index (Phi) is 11.0. The van der Waals surface area contributed by atoms with E-state index in [-0.39, 0.29) is 37.8 Å². The monoisotopic (exact) mass is 1000 g/mol. The number of hydrogen-bond donors (Lipinski definition) is 0. The molecule has 8 aromatic rings. The fourth-order valence-corrected chi connectivity index (χ4v) is 9.64. The zero-order chi connectivity index (χ0) is 42.9. The van der Waals surface area contributed by atoms with Gasteiger partial charge in [-0.25, -0.2) is 4.98 Å². The number of benzene rings is 6. The first-order chi connectivity index (χ1) is 29.8. The van der Waals surface area contributed by atoms with Crippen LogP contribution in [0.15, 0.2) is 157 Å². The Balaban J connectivity index is 0.00000504. The van der Waals surface area contributed by atoms with Crippen LogP contribution in [0, 0.1) is 18.8 Å². The number of pyridine rings is 1. The van der Waals surface area contributed by atoms with E-state index in [2.05, 4.69) is 221 Å². The molecule has 0 unspecified atom stereocenters. The summed E-state index contributed by atoms with van der Waals surface area (Å²) in [7, 11) is 2.20. The van der Waals surface area contributed by atoms with Crippen molar-refractivity contribution in [2.75, 3.05) is 16.8 Å². The number of hydrogen-bond acceptors (Lipinski definition) is 4. The van der Waals surface area contributed by atoms with E-state index in [1.165, 1.54) is 50.2 Å². The minimum absolute atomic E-state index is 0. The summed E-state index contributed by atoms with van der Waals surface area (Å²) in [6, 6.07) is 58.8. The van der Waals surface area contributed by atoms with Gasteiger partial charge < -0.3 is 19.3 Å². The molecule has 5 nitrogen and oxygen atoms in total. The maximum Gasteiger partial charge on any atom is 0.135 e. The van der Waals surface area contributed by atoms with Gasteiger partial charge in [-0.1, -0.05) is 137 Å². The molecule has 1 aliphatic carbocycles. The van der Waals surface area contributed by atoms with Crippen LogP contribution in [0.1, 0.15) is 87.8 Å². The zero-order valence-electron chi connectivity index (χ0n) is 37.5. The third-order valence-corrected chi connectivity index (χ3v) is 12.9. The Morgan fingerprint density at radius 2 is 1.27 bits per heavy atom. The third-order valence-electron chi connectivity index (χ3n) is 12.9. The summed E-state index contributed by atoms with van der Waals surface area (Å²) in [4.78, 5) is 11.8. The molecule has 0 N–H and O–H groups in total. The summed E-state index contributed by atoms with van der Waals surface area (Å²) in [5.41, 5.74) is 16.5. The molecule has 0 bridgehead atoms. The van der Waals surface area contributed by atoms with Crippen LogP contribution in [0.4, 0.5) is 22.7 Å². The molecule has 1 aliphatic heterocycles. The van der Waals surface area contributed by atoms with Crippen LogP contribution < -0.4 is 9.80 Å². The molecule has 10 rings (SSSR count). The Morgan fingerprint density at radius 1 is 0.651 bits per heavy atom. The fourth-order valence-electron chi connectivity index (χ4n) is 9.64. The van der Waals surface area contributed by atoms with E-state index in [4.69, 9.17) is 4.98 Å². The molecule has 0 atom stereocenters. The van der Waals surface area contributed by atoms with Gasteiger partial charge in [0, 0.05) is 55.8 Å². The number of fused-ring (bicyclic) bond motifs is 5. The molecule has 63 heavy (non-hydrogen) atoms. The van der Waals surface area contributed by atoms with E-state index >= 15 is 0 Å². The second kappa shape index (κ2) is 16.3. The summed E-state index contributed by atoms with van der Waals surface area (Å²) >= 11 is 0. The van der Waals surface area contributed by atoms with Crippen molar-refractivity contribution in [1.29, 1.82) is 0 Å². The Labute approximate surface area is 388 Å². The molecular weight excluding hydrogens is 950 g/mol. The average molecular weight is 1000 g/mol. The average Bonchev–Trinajstić information content (AvgIpc) is 3.69. The number of allylic oxidation sites excluding steroid dienone is 2. The predicted octanol–water partition coefficient (Wildman–Crippen LogP) is 13.9. The minimum atomic E-state index is -0.0745. The summed E-state index contributed by atoms with van der Waals surface area (Å²) in [5.74, 6) is 0.974. The first kappa shape index (κ1) is 42.4. The van der Waals surface area contributed by atoms with Gasteiger partial charge in [-0.2, -0.15) is 18.8 Å². The second-order valence-electron chi connectivity index (χ2n) is 19.1. The molecule has 6 aromatic carbocycles. The minimum Gasteiger partial charge on any atom is -0.507 e. The van der Waals surface area contributed by atoms with Crippen LogP contribution in [-0.2, 0) is 44.7 Å². The Bertz CT molecular complexity index is 2940. The van der Waals surface area contributed by atoms with E-state index in [1.807, 2.05) is 18.3 Å². The molecule has 2 aromatic heterocycles. The molecule has 6 heteroatoms. The summed E-state index contributed by atoms with van der Waals surface area (Å²) in [6.45, 7) is 18.3. The maximum absolute atomic E-state index is 4.83. The maximum atomic E-state index is 4.83. The molecule has 0 amide bonds. The van der Waals surface area contributed by atoms with E-state index in [0.717, 1.165) is 57.8 Å².